The Morgan fingerprint density at radius 2 is 2.20 bits per heavy atom. The molecule has 0 aliphatic heterocycles. The van der Waals surface area contributed by atoms with Gasteiger partial charge in [-0.3, -0.25) is 9.78 Å². The molecule has 2 aromatic heterocycles. The number of Topliss-reactive ketones (excluding diaryl/α,β-unsaturated/α-hetero) is 1. The molecule has 0 aliphatic rings. The molecular weight excluding hydrogens is 342 g/mol. The second-order valence-corrected chi connectivity index (χ2v) is 5.62. The van der Waals surface area contributed by atoms with Gasteiger partial charge in [0.15, 0.2) is 5.78 Å². The molecule has 0 saturated heterocycles. The van der Waals surface area contributed by atoms with E-state index in [0.717, 1.165) is 10.0 Å². The monoisotopic (exact) mass is 349 g/mol. The van der Waals surface area contributed by atoms with Crippen LogP contribution in [0.25, 0.3) is 5.52 Å². The lowest BCUT2D eigenvalue weighted by molar-refractivity contribution is 0.0994. The van der Waals surface area contributed by atoms with Gasteiger partial charge in [-0.25, -0.2) is 4.52 Å². The third-order valence-corrected chi connectivity index (χ3v) is 3.84. The molecule has 0 radical (unpaired) electrons. The van der Waals surface area contributed by atoms with Crippen molar-refractivity contribution < 1.29 is 4.79 Å². The predicted octanol–water partition coefficient (Wildman–Crippen LogP) is 3.57. The summed E-state index contributed by atoms with van der Waals surface area (Å²) < 4.78 is 2.52. The van der Waals surface area contributed by atoms with Crippen LogP contribution in [-0.2, 0) is 6.42 Å². The average molecular weight is 351 g/mol. The molecule has 0 amide bonds. The van der Waals surface area contributed by atoms with Gasteiger partial charge >= 0.3 is 0 Å². The number of carbonyl (C=O) groups excluding carboxylic acids is 1. The molecule has 0 N–H and O–H groups in total. The van der Waals surface area contributed by atoms with E-state index in [-0.39, 0.29) is 12.2 Å². The van der Waals surface area contributed by atoms with Gasteiger partial charge in [-0.05, 0) is 17.7 Å². The van der Waals surface area contributed by atoms with Crippen molar-refractivity contribution in [2.24, 2.45) is 0 Å². The second-order valence-electron chi connectivity index (χ2n) is 4.30. The zero-order valence-corrected chi connectivity index (χ0v) is 12.6. The largest absolute Gasteiger partial charge is 0.294 e. The van der Waals surface area contributed by atoms with E-state index in [2.05, 4.69) is 26.0 Å². The summed E-state index contributed by atoms with van der Waals surface area (Å²) >= 11 is 9.48. The first-order valence-electron chi connectivity index (χ1n) is 5.89. The molecule has 1 aromatic carbocycles. The molecule has 0 atom stereocenters. The van der Waals surface area contributed by atoms with Crippen LogP contribution in [0.2, 0.25) is 5.02 Å². The average Bonchev–Trinajstić information content (AvgIpc) is 2.86. The predicted molar refractivity (Wildman–Crippen MR) is 80.2 cm³/mol. The lowest BCUT2D eigenvalue weighted by Gasteiger charge is -2.03. The van der Waals surface area contributed by atoms with Gasteiger partial charge in [0.05, 0.1) is 23.5 Å². The maximum Gasteiger partial charge on any atom is 0.171 e. The third-order valence-electron chi connectivity index (χ3n) is 2.99. The summed E-state index contributed by atoms with van der Waals surface area (Å²) in [7, 11) is 0. The summed E-state index contributed by atoms with van der Waals surface area (Å²) in [4.78, 5) is 16.4. The fourth-order valence-corrected chi connectivity index (χ4v) is 2.72. The fraction of sp³-hybridized carbons (Fsp3) is 0.0714. The number of nitrogens with zero attached hydrogens (tertiary/aromatic N) is 3. The number of halogens is 2. The Kier molecular flexibility index (Phi) is 3.54. The van der Waals surface area contributed by atoms with Crippen LogP contribution in [0.1, 0.15) is 15.9 Å². The Bertz CT molecular complexity index is 800. The first-order chi connectivity index (χ1) is 9.65. The van der Waals surface area contributed by atoms with Crippen LogP contribution in [0.3, 0.4) is 0 Å². The van der Waals surface area contributed by atoms with E-state index in [0.29, 0.717) is 16.1 Å². The quantitative estimate of drug-likeness (QED) is 0.678. The molecule has 0 spiro atoms. The maximum atomic E-state index is 12.4. The number of benzene rings is 1. The van der Waals surface area contributed by atoms with Gasteiger partial charge in [-0.2, -0.15) is 5.10 Å². The molecule has 3 aromatic rings. The number of ketones is 1. The van der Waals surface area contributed by atoms with E-state index < -0.39 is 0 Å². The van der Waals surface area contributed by atoms with Crippen molar-refractivity contribution in [3.05, 3.63) is 63.6 Å². The standard InChI is InChI=1S/C14H9BrClN3O/c15-10-2-1-9(12(16)6-10)5-14(20)11-7-18-19-4-3-17-8-13(11)19/h1-4,6-8H,5H2. The van der Waals surface area contributed by atoms with Gasteiger partial charge in [-0.1, -0.05) is 33.6 Å². The number of hydrogen-bond acceptors (Lipinski definition) is 3. The SMILES string of the molecule is O=C(Cc1ccc(Br)cc1Cl)c1cnn2ccncc12. The van der Waals surface area contributed by atoms with Crippen molar-refractivity contribution >= 4 is 38.8 Å². The summed E-state index contributed by atoms with van der Waals surface area (Å²) in [6, 6.07) is 5.49. The Morgan fingerprint density at radius 1 is 1.35 bits per heavy atom. The number of fused-ring (bicyclic) bond motifs is 1. The molecule has 3 rings (SSSR count). The van der Waals surface area contributed by atoms with E-state index in [1.54, 1.807) is 35.4 Å². The summed E-state index contributed by atoms with van der Waals surface area (Å²) in [5.41, 5.74) is 2.05. The molecule has 0 fully saturated rings. The van der Waals surface area contributed by atoms with Crippen LogP contribution in [0.5, 0.6) is 0 Å². The van der Waals surface area contributed by atoms with Crippen molar-refractivity contribution in [3.63, 3.8) is 0 Å². The number of carbonyl (C=O) groups is 1. The number of hydrogen-bond donors (Lipinski definition) is 0. The molecule has 0 bridgehead atoms. The number of aromatic nitrogens is 3. The van der Waals surface area contributed by atoms with E-state index in [9.17, 15) is 4.79 Å². The van der Waals surface area contributed by atoms with Crippen molar-refractivity contribution in [1.82, 2.24) is 14.6 Å². The first kappa shape index (κ1) is 13.3. The van der Waals surface area contributed by atoms with Crippen LogP contribution in [0.15, 0.2) is 47.5 Å². The van der Waals surface area contributed by atoms with E-state index in [1.165, 1.54) is 0 Å². The van der Waals surface area contributed by atoms with Crippen LogP contribution < -0.4 is 0 Å². The van der Waals surface area contributed by atoms with Gasteiger partial charge in [-0.15, -0.1) is 0 Å². The molecule has 6 heteroatoms. The van der Waals surface area contributed by atoms with Crippen molar-refractivity contribution in [3.8, 4) is 0 Å². The summed E-state index contributed by atoms with van der Waals surface area (Å²) in [6.45, 7) is 0. The first-order valence-corrected chi connectivity index (χ1v) is 7.07. The lowest BCUT2D eigenvalue weighted by Crippen LogP contribution is -2.04. The van der Waals surface area contributed by atoms with Gasteiger partial charge in [0, 0.05) is 28.3 Å². The Morgan fingerprint density at radius 3 is 3.00 bits per heavy atom. The normalized spacial score (nSPS) is 10.9. The molecule has 100 valence electrons. The van der Waals surface area contributed by atoms with E-state index in [4.69, 9.17) is 11.6 Å². The van der Waals surface area contributed by atoms with Gasteiger partial charge in [0.1, 0.15) is 0 Å². The highest BCUT2D eigenvalue weighted by Crippen LogP contribution is 2.23. The van der Waals surface area contributed by atoms with Gasteiger partial charge < -0.3 is 0 Å². The molecule has 20 heavy (non-hydrogen) atoms. The highest BCUT2D eigenvalue weighted by Gasteiger charge is 2.14. The maximum absolute atomic E-state index is 12.4. The molecule has 0 aliphatic carbocycles. The van der Waals surface area contributed by atoms with Crippen molar-refractivity contribution in [1.29, 1.82) is 0 Å². The molecule has 0 saturated carbocycles. The van der Waals surface area contributed by atoms with Gasteiger partial charge in [0.25, 0.3) is 0 Å². The third kappa shape index (κ3) is 2.46. The molecule has 0 unspecified atom stereocenters. The summed E-state index contributed by atoms with van der Waals surface area (Å²) in [5, 5.41) is 4.70. The zero-order chi connectivity index (χ0) is 14.1. The Hall–Kier alpha value is -1.72. The minimum Gasteiger partial charge on any atom is -0.294 e. The van der Waals surface area contributed by atoms with Gasteiger partial charge in [0.2, 0.25) is 0 Å². The van der Waals surface area contributed by atoms with E-state index in [1.807, 2.05) is 12.1 Å². The zero-order valence-electron chi connectivity index (χ0n) is 10.3. The van der Waals surface area contributed by atoms with Crippen molar-refractivity contribution in [2.75, 3.05) is 0 Å². The minimum absolute atomic E-state index is 0.0303. The smallest absolute Gasteiger partial charge is 0.171 e. The molecule has 4 nitrogen and oxygen atoms in total. The van der Waals surface area contributed by atoms with Crippen molar-refractivity contribution in [2.45, 2.75) is 6.42 Å². The fourth-order valence-electron chi connectivity index (χ4n) is 1.98. The van der Waals surface area contributed by atoms with Crippen LogP contribution in [0.4, 0.5) is 0 Å². The Labute approximate surface area is 128 Å². The highest BCUT2D eigenvalue weighted by molar-refractivity contribution is 9.10. The highest BCUT2D eigenvalue weighted by atomic mass is 79.9. The number of rotatable bonds is 3. The minimum atomic E-state index is -0.0303. The lowest BCUT2D eigenvalue weighted by atomic mass is 10.0. The van der Waals surface area contributed by atoms with Crippen LogP contribution in [0, 0.1) is 0 Å². The van der Waals surface area contributed by atoms with E-state index >= 15 is 0 Å². The molecule has 2 heterocycles. The topological polar surface area (TPSA) is 47.3 Å². The van der Waals surface area contributed by atoms with Crippen LogP contribution in [-0.4, -0.2) is 20.4 Å². The molecular formula is C14H9BrClN3O. The second kappa shape index (κ2) is 5.34. The Balaban J connectivity index is 1.93. The summed E-state index contributed by atoms with van der Waals surface area (Å²) in [5.74, 6) is -0.0303. The van der Waals surface area contributed by atoms with Crippen LogP contribution >= 0.6 is 27.5 Å². The summed E-state index contributed by atoms with van der Waals surface area (Å²) in [6.07, 6.45) is 6.76.